The van der Waals surface area contributed by atoms with Crippen LogP contribution in [-0.4, -0.2) is 50.9 Å². The van der Waals surface area contributed by atoms with E-state index in [2.05, 4.69) is 15.3 Å². The number of amides is 2. The molecular weight excluding hydrogens is 342 g/mol. The number of nitrogens with one attached hydrogen (secondary N) is 1. The van der Waals surface area contributed by atoms with E-state index in [9.17, 15) is 9.59 Å². The number of imidazole rings is 1. The molecule has 4 rings (SSSR count). The first-order valence-electron chi connectivity index (χ1n) is 9.17. The lowest BCUT2D eigenvalue weighted by molar-refractivity contribution is -0.127. The van der Waals surface area contributed by atoms with Gasteiger partial charge in [-0.1, -0.05) is 0 Å². The fourth-order valence-electron chi connectivity index (χ4n) is 3.33. The summed E-state index contributed by atoms with van der Waals surface area (Å²) in [6.07, 6.45) is 5.83. The van der Waals surface area contributed by atoms with E-state index in [0.717, 1.165) is 36.2 Å². The van der Waals surface area contributed by atoms with E-state index in [0.29, 0.717) is 25.1 Å². The SMILES string of the molecule is O=C(NCCCN1CCCC1=O)c1ccc(-n2cnc3cccnc32)cc1. The first-order valence-corrected chi connectivity index (χ1v) is 9.17. The van der Waals surface area contributed by atoms with E-state index >= 15 is 0 Å². The van der Waals surface area contributed by atoms with Gasteiger partial charge in [-0.3, -0.25) is 14.2 Å². The fourth-order valence-corrected chi connectivity index (χ4v) is 3.33. The van der Waals surface area contributed by atoms with Crippen molar-refractivity contribution in [3.05, 3.63) is 54.5 Å². The lowest BCUT2D eigenvalue weighted by Crippen LogP contribution is -2.30. The quantitative estimate of drug-likeness (QED) is 0.681. The number of pyridine rings is 1. The van der Waals surface area contributed by atoms with Gasteiger partial charge in [0.1, 0.15) is 11.8 Å². The van der Waals surface area contributed by atoms with Gasteiger partial charge in [-0.25, -0.2) is 9.97 Å². The maximum absolute atomic E-state index is 12.3. The lowest BCUT2D eigenvalue weighted by atomic mass is 10.2. The Kier molecular flexibility index (Phi) is 4.82. The molecule has 3 heterocycles. The predicted molar refractivity (Wildman–Crippen MR) is 102 cm³/mol. The van der Waals surface area contributed by atoms with Gasteiger partial charge in [0.05, 0.1) is 0 Å². The summed E-state index contributed by atoms with van der Waals surface area (Å²) < 4.78 is 1.89. The second-order valence-electron chi connectivity index (χ2n) is 6.60. The summed E-state index contributed by atoms with van der Waals surface area (Å²) >= 11 is 0. The standard InChI is InChI=1S/C20H21N5O2/c26-18-5-2-12-24(18)13-3-11-22-20(27)15-6-8-16(9-7-15)25-14-23-17-4-1-10-21-19(17)25/h1,4,6-10,14H,2-3,5,11-13H2,(H,22,27). The Morgan fingerprint density at radius 3 is 2.78 bits per heavy atom. The third-order valence-electron chi connectivity index (χ3n) is 4.78. The van der Waals surface area contributed by atoms with Crippen LogP contribution in [0.2, 0.25) is 0 Å². The van der Waals surface area contributed by atoms with Crippen LogP contribution in [0.3, 0.4) is 0 Å². The summed E-state index contributed by atoms with van der Waals surface area (Å²) in [4.78, 5) is 34.4. The molecule has 1 N–H and O–H groups in total. The minimum Gasteiger partial charge on any atom is -0.352 e. The number of likely N-dealkylation sites (tertiary alicyclic amines) is 1. The van der Waals surface area contributed by atoms with Crippen molar-refractivity contribution in [3.63, 3.8) is 0 Å². The average molecular weight is 363 g/mol. The third-order valence-corrected chi connectivity index (χ3v) is 4.78. The van der Waals surface area contributed by atoms with Crippen LogP contribution in [-0.2, 0) is 4.79 Å². The van der Waals surface area contributed by atoms with Gasteiger partial charge in [-0.2, -0.15) is 0 Å². The van der Waals surface area contributed by atoms with Gasteiger partial charge in [0, 0.05) is 43.5 Å². The van der Waals surface area contributed by atoms with Crippen LogP contribution in [0.4, 0.5) is 0 Å². The van der Waals surface area contributed by atoms with Crippen LogP contribution in [0.15, 0.2) is 48.9 Å². The predicted octanol–water partition coefficient (Wildman–Crippen LogP) is 2.16. The molecule has 27 heavy (non-hydrogen) atoms. The van der Waals surface area contributed by atoms with Crippen molar-refractivity contribution in [1.82, 2.24) is 24.8 Å². The van der Waals surface area contributed by atoms with Crippen LogP contribution in [0.5, 0.6) is 0 Å². The minimum absolute atomic E-state index is 0.108. The summed E-state index contributed by atoms with van der Waals surface area (Å²) in [5, 5.41) is 2.91. The van der Waals surface area contributed by atoms with Crippen molar-refractivity contribution < 1.29 is 9.59 Å². The molecule has 0 aliphatic carbocycles. The molecule has 138 valence electrons. The van der Waals surface area contributed by atoms with Crippen molar-refractivity contribution in [1.29, 1.82) is 0 Å². The normalized spacial score (nSPS) is 14.1. The van der Waals surface area contributed by atoms with Crippen molar-refractivity contribution in [2.45, 2.75) is 19.3 Å². The van der Waals surface area contributed by atoms with Crippen molar-refractivity contribution in [2.75, 3.05) is 19.6 Å². The molecule has 1 aliphatic heterocycles. The summed E-state index contributed by atoms with van der Waals surface area (Å²) in [7, 11) is 0. The number of fused-ring (bicyclic) bond motifs is 1. The highest BCUT2D eigenvalue weighted by atomic mass is 16.2. The molecule has 0 atom stereocenters. The van der Waals surface area contributed by atoms with Gasteiger partial charge in [-0.05, 0) is 49.2 Å². The molecule has 1 aromatic carbocycles. The minimum atomic E-state index is -0.108. The van der Waals surface area contributed by atoms with E-state index in [1.165, 1.54) is 0 Å². The zero-order chi connectivity index (χ0) is 18.6. The maximum Gasteiger partial charge on any atom is 0.251 e. The molecule has 7 nitrogen and oxygen atoms in total. The van der Waals surface area contributed by atoms with Gasteiger partial charge in [0.15, 0.2) is 5.65 Å². The highest BCUT2D eigenvalue weighted by Gasteiger charge is 2.19. The number of hydrogen-bond donors (Lipinski definition) is 1. The molecule has 3 aromatic rings. The maximum atomic E-state index is 12.3. The van der Waals surface area contributed by atoms with Crippen LogP contribution < -0.4 is 5.32 Å². The average Bonchev–Trinajstić information content (AvgIpc) is 3.31. The Balaban J connectivity index is 1.34. The number of rotatable bonds is 6. The second kappa shape index (κ2) is 7.57. The van der Waals surface area contributed by atoms with Gasteiger partial charge in [0.25, 0.3) is 5.91 Å². The van der Waals surface area contributed by atoms with Crippen LogP contribution in [0.1, 0.15) is 29.6 Å². The summed E-state index contributed by atoms with van der Waals surface area (Å²) in [6, 6.07) is 11.1. The Labute approximate surface area is 157 Å². The first kappa shape index (κ1) is 17.2. The van der Waals surface area contributed by atoms with Gasteiger partial charge in [-0.15, -0.1) is 0 Å². The van der Waals surface area contributed by atoms with E-state index < -0.39 is 0 Å². The second-order valence-corrected chi connectivity index (χ2v) is 6.60. The molecule has 0 bridgehead atoms. The highest BCUT2D eigenvalue weighted by molar-refractivity contribution is 5.94. The van der Waals surface area contributed by atoms with E-state index in [1.807, 2.05) is 33.7 Å². The third kappa shape index (κ3) is 3.67. The number of nitrogens with zero attached hydrogens (tertiary/aromatic N) is 4. The molecule has 1 aliphatic rings. The number of hydrogen-bond acceptors (Lipinski definition) is 4. The highest BCUT2D eigenvalue weighted by Crippen LogP contribution is 2.16. The molecule has 0 radical (unpaired) electrons. The lowest BCUT2D eigenvalue weighted by Gasteiger charge is -2.15. The van der Waals surface area contributed by atoms with Gasteiger partial charge in [0.2, 0.25) is 5.91 Å². The number of benzene rings is 1. The molecule has 7 heteroatoms. The molecule has 1 fully saturated rings. The van der Waals surface area contributed by atoms with E-state index in [4.69, 9.17) is 0 Å². The van der Waals surface area contributed by atoms with E-state index in [1.54, 1.807) is 24.7 Å². The molecule has 0 spiro atoms. The molecular formula is C20H21N5O2. The fraction of sp³-hybridized carbons (Fsp3) is 0.300. The monoisotopic (exact) mass is 363 g/mol. The molecule has 0 saturated carbocycles. The Morgan fingerprint density at radius 2 is 2.00 bits per heavy atom. The smallest absolute Gasteiger partial charge is 0.251 e. The largest absolute Gasteiger partial charge is 0.352 e. The zero-order valence-corrected chi connectivity index (χ0v) is 15.0. The summed E-state index contributed by atoms with van der Waals surface area (Å²) in [5.41, 5.74) is 3.12. The summed E-state index contributed by atoms with van der Waals surface area (Å²) in [6.45, 7) is 2.10. The zero-order valence-electron chi connectivity index (χ0n) is 15.0. The Hall–Kier alpha value is -3.22. The summed E-state index contributed by atoms with van der Waals surface area (Å²) in [5.74, 6) is 0.112. The molecule has 2 aromatic heterocycles. The van der Waals surface area contributed by atoms with Gasteiger partial charge < -0.3 is 10.2 Å². The van der Waals surface area contributed by atoms with Crippen LogP contribution >= 0.6 is 0 Å². The molecule has 0 unspecified atom stereocenters. The van der Waals surface area contributed by atoms with Crippen molar-refractivity contribution >= 4 is 23.0 Å². The number of aromatic nitrogens is 3. The number of carbonyl (C=O) groups is 2. The first-order chi connectivity index (χ1) is 13.2. The molecule has 2 amide bonds. The number of carbonyl (C=O) groups excluding carboxylic acids is 2. The van der Waals surface area contributed by atoms with E-state index in [-0.39, 0.29) is 11.8 Å². The Bertz CT molecular complexity index is 964. The van der Waals surface area contributed by atoms with Crippen LogP contribution in [0.25, 0.3) is 16.9 Å². The topological polar surface area (TPSA) is 80.1 Å². The Morgan fingerprint density at radius 1 is 1.15 bits per heavy atom. The van der Waals surface area contributed by atoms with Gasteiger partial charge >= 0.3 is 0 Å². The van der Waals surface area contributed by atoms with Crippen molar-refractivity contribution in [3.8, 4) is 5.69 Å². The molecule has 1 saturated heterocycles. The van der Waals surface area contributed by atoms with Crippen molar-refractivity contribution in [2.24, 2.45) is 0 Å². The van der Waals surface area contributed by atoms with Crippen LogP contribution in [0, 0.1) is 0 Å².